The van der Waals surface area contributed by atoms with Crippen LogP contribution in [0.5, 0.6) is 0 Å². The molecule has 0 rings (SSSR count). The minimum Gasteiger partial charge on any atom is -0.394 e. The van der Waals surface area contributed by atoms with E-state index in [4.69, 9.17) is 0 Å². The summed E-state index contributed by atoms with van der Waals surface area (Å²) in [6.07, 6.45) is 3.75. The lowest BCUT2D eigenvalue weighted by Crippen LogP contribution is -2.08. The van der Waals surface area contributed by atoms with Gasteiger partial charge in [-0.2, -0.15) is 0 Å². The van der Waals surface area contributed by atoms with Gasteiger partial charge >= 0.3 is 0 Å². The standard InChI is InChI=1S/C7H15NO2S/c1-4-7(5-8-2)6-11(3,9)10/h5,8H,4,6H2,1-3H3. The van der Waals surface area contributed by atoms with Crippen molar-refractivity contribution in [1.29, 1.82) is 0 Å². The molecular weight excluding hydrogens is 162 g/mol. The molecule has 1 N–H and O–H groups in total. The molecule has 0 spiro atoms. The minimum absolute atomic E-state index is 0.157. The summed E-state index contributed by atoms with van der Waals surface area (Å²) in [7, 11) is -1.10. The van der Waals surface area contributed by atoms with Crippen LogP contribution in [0.4, 0.5) is 0 Å². The largest absolute Gasteiger partial charge is 0.394 e. The van der Waals surface area contributed by atoms with Crippen molar-refractivity contribution in [2.75, 3.05) is 19.1 Å². The van der Waals surface area contributed by atoms with Gasteiger partial charge in [-0.15, -0.1) is 0 Å². The zero-order valence-corrected chi connectivity index (χ0v) is 8.03. The van der Waals surface area contributed by atoms with Crippen LogP contribution < -0.4 is 5.32 Å². The molecular formula is C7H15NO2S. The normalized spacial score (nSPS) is 13.2. The number of hydrogen-bond donors (Lipinski definition) is 1. The van der Waals surface area contributed by atoms with Crippen molar-refractivity contribution in [3.8, 4) is 0 Å². The van der Waals surface area contributed by atoms with Crippen molar-refractivity contribution in [3.05, 3.63) is 11.8 Å². The zero-order chi connectivity index (χ0) is 8.91. The molecule has 0 heterocycles. The van der Waals surface area contributed by atoms with Crippen molar-refractivity contribution in [2.24, 2.45) is 0 Å². The first-order valence-electron chi connectivity index (χ1n) is 3.52. The molecule has 0 aliphatic rings. The fourth-order valence-electron chi connectivity index (χ4n) is 0.787. The molecule has 0 unspecified atom stereocenters. The summed E-state index contributed by atoms with van der Waals surface area (Å²) in [4.78, 5) is 0. The smallest absolute Gasteiger partial charge is 0.151 e. The average molecular weight is 177 g/mol. The predicted molar refractivity (Wildman–Crippen MR) is 47.1 cm³/mol. The first kappa shape index (κ1) is 10.5. The van der Waals surface area contributed by atoms with E-state index in [1.54, 1.807) is 13.2 Å². The van der Waals surface area contributed by atoms with Crippen LogP contribution >= 0.6 is 0 Å². The van der Waals surface area contributed by atoms with E-state index >= 15 is 0 Å². The van der Waals surface area contributed by atoms with Gasteiger partial charge in [0.1, 0.15) is 0 Å². The number of nitrogens with one attached hydrogen (secondary N) is 1. The molecule has 0 aliphatic carbocycles. The van der Waals surface area contributed by atoms with E-state index in [2.05, 4.69) is 5.32 Å². The van der Waals surface area contributed by atoms with E-state index in [9.17, 15) is 8.42 Å². The fourth-order valence-corrected chi connectivity index (χ4v) is 1.75. The van der Waals surface area contributed by atoms with Crippen molar-refractivity contribution in [2.45, 2.75) is 13.3 Å². The Bertz CT molecular complexity index is 229. The summed E-state index contributed by atoms with van der Waals surface area (Å²) in [5.74, 6) is 0.157. The maximum Gasteiger partial charge on any atom is 0.151 e. The monoisotopic (exact) mass is 177 g/mol. The van der Waals surface area contributed by atoms with Crippen LogP contribution in [0.2, 0.25) is 0 Å². The Balaban J connectivity index is 4.22. The van der Waals surface area contributed by atoms with Crippen molar-refractivity contribution in [1.82, 2.24) is 5.32 Å². The molecule has 11 heavy (non-hydrogen) atoms. The predicted octanol–water partition coefficient (Wildman–Crippen LogP) is 0.544. The SMILES string of the molecule is CCC(=CNC)CS(C)(=O)=O. The summed E-state index contributed by atoms with van der Waals surface area (Å²) < 4.78 is 21.6. The van der Waals surface area contributed by atoms with Crippen LogP contribution in [-0.2, 0) is 9.84 Å². The molecule has 0 bridgehead atoms. The average Bonchev–Trinajstić information content (AvgIpc) is 1.84. The van der Waals surface area contributed by atoms with Gasteiger partial charge in [-0.1, -0.05) is 6.92 Å². The van der Waals surface area contributed by atoms with Gasteiger partial charge in [0, 0.05) is 13.3 Å². The fraction of sp³-hybridized carbons (Fsp3) is 0.714. The Morgan fingerprint density at radius 3 is 2.36 bits per heavy atom. The molecule has 0 amide bonds. The van der Waals surface area contributed by atoms with Crippen LogP contribution in [0.1, 0.15) is 13.3 Å². The second kappa shape index (κ2) is 4.38. The number of rotatable bonds is 4. The zero-order valence-electron chi connectivity index (χ0n) is 7.22. The lowest BCUT2D eigenvalue weighted by molar-refractivity contribution is 0.603. The van der Waals surface area contributed by atoms with Gasteiger partial charge < -0.3 is 5.32 Å². The summed E-state index contributed by atoms with van der Waals surface area (Å²) in [5.41, 5.74) is 0.912. The van der Waals surface area contributed by atoms with Gasteiger partial charge in [-0.3, -0.25) is 0 Å². The Labute approximate surface area is 68.4 Å². The highest BCUT2D eigenvalue weighted by Crippen LogP contribution is 2.02. The lowest BCUT2D eigenvalue weighted by atomic mass is 10.2. The number of hydrogen-bond acceptors (Lipinski definition) is 3. The summed E-state index contributed by atoms with van der Waals surface area (Å²) in [6, 6.07) is 0. The Morgan fingerprint density at radius 2 is 2.09 bits per heavy atom. The van der Waals surface area contributed by atoms with E-state index in [0.29, 0.717) is 0 Å². The third-order valence-electron chi connectivity index (χ3n) is 1.25. The quantitative estimate of drug-likeness (QED) is 0.682. The van der Waals surface area contributed by atoms with Gasteiger partial charge in [0.25, 0.3) is 0 Å². The highest BCUT2D eigenvalue weighted by molar-refractivity contribution is 7.90. The minimum atomic E-state index is -2.87. The van der Waals surface area contributed by atoms with Gasteiger partial charge in [-0.25, -0.2) is 8.42 Å². The van der Waals surface area contributed by atoms with Crippen molar-refractivity contribution in [3.63, 3.8) is 0 Å². The molecule has 0 aromatic rings. The molecule has 0 aromatic carbocycles. The molecule has 0 aliphatic heterocycles. The highest BCUT2D eigenvalue weighted by atomic mass is 32.2. The van der Waals surface area contributed by atoms with Crippen LogP contribution in [0.15, 0.2) is 11.8 Å². The van der Waals surface area contributed by atoms with Crippen molar-refractivity contribution < 1.29 is 8.42 Å². The van der Waals surface area contributed by atoms with E-state index < -0.39 is 9.84 Å². The van der Waals surface area contributed by atoms with Crippen LogP contribution in [0, 0.1) is 0 Å². The number of sulfone groups is 1. The van der Waals surface area contributed by atoms with E-state index in [0.717, 1.165) is 12.0 Å². The molecule has 0 fully saturated rings. The molecule has 66 valence electrons. The first-order valence-corrected chi connectivity index (χ1v) is 5.58. The Morgan fingerprint density at radius 1 is 1.55 bits per heavy atom. The Hall–Kier alpha value is -0.510. The van der Waals surface area contributed by atoms with Crippen LogP contribution in [0.3, 0.4) is 0 Å². The summed E-state index contributed by atoms with van der Waals surface area (Å²) >= 11 is 0. The van der Waals surface area contributed by atoms with Gasteiger partial charge in [0.15, 0.2) is 9.84 Å². The topological polar surface area (TPSA) is 46.2 Å². The van der Waals surface area contributed by atoms with E-state index in [1.165, 1.54) is 6.26 Å². The molecule has 0 saturated carbocycles. The maximum absolute atomic E-state index is 10.8. The van der Waals surface area contributed by atoms with Crippen LogP contribution in [-0.4, -0.2) is 27.5 Å². The summed E-state index contributed by atoms with van der Waals surface area (Å²) in [5, 5.41) is 2.81. The second-order valence-electron chi connectivity index (χ2n) is 2.51. The molecule has 3 nitrogen and oxygen atoms in total. The van der Waals surface area contributed by atoms with Crippen LogP contribution in [0.25, 0.3) is 0 Å². The highest BCUT2D eigenvalue weighted by Gasteiger charge is 2.04. The molecule has 0 aromatic heterocycles. The first-order chi connectivity index (χ1) is 4.99. The van der Waals surface area contributed by atoms with Gasteiger partial charge in [0.2, 0.25) is 0 Å². The molecule has 0 saturated heterocycles. The second-order valence-corrected chi connectivity index (χ2v) is 4.66. The summed E-state index contributed by atoms with van der Waals surface area (Å²) in [6.45, 7) is 1.94. The van der Waals surface area contributed by atoms with Crippen molar-refractivity contribution >= 4 is 9.84 Å². The molecule has 0 atom stereocenters. The van der Waals surface area contributed by atoms with Gasteiger partial charge in [-0.05, 0) is 18.2 Å². The van der Waals surface area contributed by atoms with E-state index in [-0.39, 0.29) is 5.75 Å². The Kier molecular flexibility index (Phi) is 4.18. The lowest BCUT2D eigenvalue weighted by Gasteiger charge is -2.01. The third-order valence-corrected chi connectivity index (χ3v) is 2.15. The molecule has 0 radical (unpaired) electrons. The van der Waals surface area contributed by atoms with Gasteiger partial charge in [0.05, 0.1) is 5.75 Å². The maximum atomic E-state index is 10.8. The third kappa shape index (κ3) is 5.91. The van der Waals surface area contributed by atoms with E-state index in [1.807, 2.05) is 6.92 Å². The molecule has 4 heteroatoms.